The van der Waals surface area contributed by atoms with Gasteiger partial charge < -0.3 is 4.42 Å². The number of para-hydroxylation sites is 2. The van der Waals surface area contributed by atoms with Gasteiger partial charge in [0.05, 0.1) is 17.0 Å². The van der Waals surface area contributed by atoms with Gasteiger partial charge in [0, 0.05) is 58.8 Å². The van der Waals surface area contributed by atoms with Crippen LogP contribution in [0.15, 0.2) is 180 Å². The second kappa shape index (κ2) is 13.2. The summed E-state index contributed by atoms with van der Waals surface area (Å²) in [5, 5.41) is 4.43. The lowest BCUT2D eigenvalue weighted by molar-refractivity contribution is 0.669. The van der Waals surface area contributed by atoms with Gasteiger partial charge >= 0.3 is 0 Å². The quantitative estimate of drug-likeness (QED) is 0.169. The minimum absolute atomic E-state index is 0.564. The average molecular weight is 736 g/mol. The van der Waals surface area contributed by atoms with Crippen molar-refractivity contribution in [1.29, 1.82) is 0 Å². The average Bonchev–Trinajstić information content (AvgIpc) is 3.85. The second-order valence-electron chi connectivity index (χ2n) is 13.7. The number of benzene rings is 7. The van der Waals surface area contributed by atoms with Gasteiger partial charge in [0.2, 0.25) is 0 Å². The van der Waals surface area contributed by atoms with Crippen LogP contribution in [0.2, 0.25) is 0 Å². The molecule has 4 heterocycles. The summed E-state index contributed by atoms with van der Waals surface area (Å²) in [6.07, 6.45) is 0. The number of thiophene rings is 1. The topological polar surface area (TPSA) is 77.6 Å². The zero-order valence-electron chi connectivity index (χ0n) is 29.8. The summed E-state index contributed by atoms with van der Waals surface area (Å²) in [4.78, 5) is 25.2. The zero-order chi connectivity index (χ0) is 37.0. The molecule has 56 heavy (non-hydrogen) atoms. The first-order chi connectivity index (χ1) is 27.7. The molecule has 7 aromatic carbocycles. The lowest BCUT2D eigenvalue weighted by Crippen LogP contribution is -2.00. The third-order valence-electron chi connectivity index (χ3n) is 10.2. The maximum absolute atomic E-state index is 6.41. The van der Waals surface area contributed by atoms with Crippen LogP contribution in [0.5, 0.6) is 0 Å². The van der Waals surface area contributed by atoms with E-state index in [4.69, 9.17) is 29.3 Å². The molecule has 0 amide bonds. The van der Waals surface area contributed by atoms with E-state index >= 15 is 0 Å². The fourth-order valence-corrected chi connectivity index (χ4v) is 8.53. The van der Waals surface area contributed by atoms with Crippen LogP contribution >= 0.6 is 11.3 Å². The number of fused-ring (bicyclic) bond motifs is 6. The molecule has 7 heteroatoms. The van der Waals surface area contributed by atoms with Gasteiger partial charge in [-0.2, -0.15) is 0 Å². The van der Waals surface area contributed by atoms with E-state index in [1.54, 1.807) is 11.3 Å². The molecule has 262 valence electrons. The summed E-state index contributed by atoms with van der Waals surface area (Å²) in [7, 11) is 0. The molecule has 0 N–H and O–H groups in total. The maximum Gasteiger partial charge on any atom is 0.167 e. The van der Waals surface area contributed by atoms with Gasteiger partial charge in [0.1, 0.15) is 11.2 Å². The number of hydrogen-bond acceptors (Lipinski definition) is 7. The summed E-state index contributed by atoms with van der Waals surface area (Å²) in [6.45, 7) is 0. The first kappa shape index (κ1) is 32.1. The molecular formula is C49H29N5OS. The second-order valence-corrected chi connectivity index (χ2v) is 14.8. The molecular weight excluding hydrogens is 707 g/mol. The van der Waals surface area contributed by atoms with Gasteiger partial charge in [-0.15, -0.1) is 11.3 Å². The molecule has 0 aliphatic carbocycles. The predicted molar refractivity (Wildman–Crippen MR) is 228 cm³/mol. The summed E-state index contributed by atoms with van der Waals surface area (Å²) in [5.74, 6) is 2.47. The van der Waals surface area contributed by atoms with Crippen LogP contribution in [0.4, 0.5) is 0 Å². The number of nitrogens with zero attached hydrogens (tertiary/aromatic N) is 5. The molecule has 0 saturated heterocycles. The molecule has 0 saturated carbocycles. The Morgan fingerprint density at radius 2 is 0.929 bits per heavy atom. The Kier molecular flexibility index (Phi) is 7.57. The third kappa shape index (κ3) is 5.61. The molecule has 11 rings (SSSR count). The van der Waals surface area contributed by atoms with Crippen molar-refractivity contribution in [3.8, 4) is 68.1 Å². The first-order valence-electron chi connectivity index (χ1n) is 18.4. The van der Waals surface area contributed by atoms with Gasteiger partial charge in [-0.3, -0.25) is 0 Å². The highest BCUT2D eigenvalue weighted by Crippen LogP contribution is 2.40. The number of hydrogen-bond donors (Lipinski definition) is 0. The van der Waals surface area contributed by atoms with E-state index < -0.39 is 0 Å². The van der Waals surface area contributed by atoms with Crippen molar-refractivity contribution in [3.63, 3.8) is 0 Å². The van der Waals surface area contributed by atoms with E-state index in [1.807, 2.05) is 97.1 Å². The number of rotatable bonds is 6. The monoisotopic (exact) mass is 735 g/mol. The highest BCUT2D eigenvalue weighted by atomic mass is 32.1. The molecule has 0 spiro atoms. The smallest absolute Gasteiger partial charge is 0.167 e. The molecule has 0 bridgehead atoms. The molecule has 0 unspecified atom stereocenters. The van der Waals surface area contributed by atoms with Gasteiger partial charge in [-0.25, -0.2) is 24.9 Å². The molecule has 0 radical (unpaired) electrons. The molecule has 0 aliphatic rings. The summed E-state index contributed by atoms with van der Waals surface area (Å²) in [6, 6.07) is 59.9. The maximum atomic E-state index is 6.41. The molecule has 0 atom stereocenters. The third-order valence-corrected chi connectivity index (χ3v) is 11.3. The minimum Gasteiger partial charge on any atom is -0.455 e. The van der Waals surface area contributed by atoms with Crippen LogP contribution in [-0.2, 0) is 0 Å². The Labute approximate surface area is 325 Å². The lowest BCUT2D eigenvalue weighted by atomic mass is 10.0. The summed E-state index contributed by atoms with van der Waals surface area (Å²) >= 11 is 1.76. The standard InChI is InChI=1S/C49H29N5OS/c1-4-13-30(14-5-1)40-29-41(51-46(50-40)31-15-6-2-7-16-31)33-24-26-43-39(27-33)36-25-23-34(28-44(36)56-43)48-52-47(32-17-8-3-9-18-32)53-49(54-48)38-21-12-20-37-35-19-10-11-22-42(35)55-45(37)38/h1-29H. The van der Waals surface area contributed by atoms with Gasteiger partial charge in [-0.1, -0.05) is 140 Å². The van der Waals surface area contributed by atoms with Crippen molar-refractivity contribution in [3.05, 3.63) is 176 Å². The van der Waals surface area contributed by atoms with Gasteiger partial charge in [0.15, 0.2) is 23.3 Å². The molecule has 4 aromatic heterocycles. The normalized spacial score (nSPS) is 11.6. The van der Waals surface area contributed by atoms with Crippen LogP contribution in [0.1, 0.15) is 0 Å². The van der Waals surface area contributed by atoms with Crippen molar-refractivity contribution in [2.24, 2.45) is 0 Å². The molecule has 11 aromatic rings. The van der Waals surface area contributed by atoms with E-state index in [0.29, 0.717) is 23.3 Å². The Hall–Kier alpha value is -7.35. The zero-order valence-corrected chi connectivity index (χ0v) is 30.6. The van der Waals surface area contributed by atoms with Crippen LogP contribution in [0.25, 0.3) is 110 Å². The van der Waals surface area contributed by atoms with Crippen LogP contribution < -0.4 is 0 Å². The SMILES string of the molecule is c1ccc(-c2cc(-c3ccc4sc5cc(-c6nc(-c7ccccc7)nc(-c7cccc8c7oc7ccccc78)n6)ccc5c4c3)nc(-c3ccccc3)n2)cc1. The Morgan fingerprint density at radius 3 is 1.68 bits per heavy atom. The fraction of sp³-hybridized carbons (Fsp3) is 0. The summed E-state index contributed by atoms with van der Waals surface area (Å²) in [5.41, 5.74) is 9.07. The Balaban J connectivity index is 1.04. The van der Waals surface area contributed by atoms with Crippen molar-refractivity contribution in [2.75, 3.05) is 0 Å². The van der Waals surface area contributed by atoms with Gasteiger partial charge in [0.25, 0.3) is 0 Å². The largest absolute Gasteiger partial charge is 0.455 e. The summed E-state index contributed by atoms with van der Waals surface area (Å²) < 4.78 is 8.76. The molecule has 6 nitrogen and oxygen atoms in total. The molecule has 0 aliphatic heterocycles. The van der Waals surface area contributed by atoms with Crippen molar-refractivity contribution >= 4 is 53.4 Å². The number of furan rings is 1. The Morgan fingerprint density at radius 1 is 0.339 bits per heavy atom. The minimum atomic E-state index is 0.564. The van der Waals surface area contributed by atoms with E-state index in [9.17, 15) is 0 Å². The Bertz CT molecular complexity index is 3190. The first-order valence-corrected chi connectivity index (χ1v) is 19.2. The van der Waals surface area contributed by atoms with E-state index in [0.717, 1.165) is 71.4 Å². The predicted octanol–water partition coefficient (Wildman–Crippen LogP) is 12.9. The van der Waals surface area contributed by atoms with E-state index in [1.165, 1.54) is 15.5 Å². The van der Waals surface area contributed by atoms with Crippen molar-refractivity contribution in [2.45, 2.75) is 0 Å². The van der Waals surface area contributed by atoms with E-state index in [-0.39, 0.29) is 0 Å². The van der Waals surface area contributed by atoms with Crippen LogP contribution in [0.3, 0.4) is 0 Å². The fourth-order valence-electron chi connectivity index (χ4n) is 7.41. The van der Waals surface area contributed by atoms with E-state index in [2.05, 4.69) is 78.9 Å². The van der Waals surface area contributed by atoms with Crippen molar-refractivity contribution in [1.82, 2.24) is 24.9 Å². The lowest BCUT2D eigenvalue weighted by Gasteiger charge is -2.10. The number of aromatic nitrogens is 5. The van der Waals surface area contributed by atoms with Gasteiger partial charge in [-0.05, 0) is 36.4 Å². The highest BCUT2D eigenvalue weighted by Gasteiger charge is 2.19. The van der Waals surface area contributed by atoms with Crippen molar-refractivity contribution < 1.29 is 4.42 Å². The van der Waals surface area contributed by atoms with Crippen LogP contribution in [0, 0.1) is 0 Å². The molecule has 0 fully saturated rings. The van der Waals surface area contributed by atoms with Crippen LogP contribution in [-0.4, -0.2) is 24.9 Å². The highest BCUT2D eigenvalue weighted by molar-refractivity contribution is 7.25.